The zero-order valence-corrected chi connectivity index (χ0v) is 13.0. The van der Waals surface area contributed by atoms with Crippen molar-refractivity contribution in [2.24, 2.45) is 5.92 Å². The minimum Gasteiger partial charge on any atom is -0.399 e. The SMILES string of the molecule is Nc1cc(F)c(N2CCC(C3=CC=CSC=C3)CC2)c(F)c1. The fraction of sp³-hybridized carbons (Fsp3) is 0.294. The second-order valence-corrected chi connectivity index (χ2v) is 6.35. The average molecular weight is 320 g/mol. The molecular formula is C17H18F2N2S. The van der Waals surface area contributed by atoms with Crippen molar-refractivity contribution < 1.29 is 8.78 Å². The van der Waals surface area contributed by atoms with Crippen molar-refractivity contribution >= 4 is 23.1 Å². The molecular weight excluding hydrogens is 302 g/mol. The Morgan fingerprint density at radius 1 is 1.09 bits per heavy atom. The second kappa shape index (κ2) is 6.57. The van der Waals surface area contributed by atoms with Gasteiger partial charge in [0.1, 0.15) is 5.69 Å². The van der Waals surface area contributed by atoms with E-state index < -0.39 is 11.6 Å². The van der Waals surface area contributed by atoms with E-state index in [1.165, 1.54) is 17.7 Å². The molecule has 0 aromatic heterocycles. The molecule has 1 aromatic carbocycles. The van der Waals surface area contributed by atoms with E-state index in [0.717, 1.165) is 12.8 Å². The lowest BCUT2D eigenvalue weighted by atomic mass is 9.88. The number of thioether (sulfide) groups is 1. The van der Waals surface area contributed by atoms with Gasteiger partial charge in [-0.2, -0.15) is 0 Å². The summed E-state index contributed by atoms with van der Waals surface area (Å²) >= 11 is 1.65. The van der Waals surface area contributed by atoms with E-state index in [4.69, 9.17) is 5.73 Å². The van der Waals surface area contributed by atoms with Crippen LogP contribution in [-0.2, 0) is 0 Å². The van der Waals surface area contributed by atoms with Crippen molar-refractivity contribution in [2.45, 2.75) is 12.8 Å². The fourth-order valence-electron chi connectivity index (χ4n) is 3.01. The first-order valence-corrected chi connectivity index (χ1v) is 8.27. The van der Waals surface area contributed by atoms with E-state index in [9.17, 15) is 8.78 Å². The quantitative estimate of drug-likeness (QED) is 0.816. The molecule has 0 radical (unpaired) electrons. The van der Waals surface area contributed by atoms with Crippen LogP contribution in [0.1, 0.15) is 12.8 Å². The number of nitrogen functional groups attached to an aromatic ring is 1. The molecule has 22 heavy (non-hydrogen) atoms. The van der Waals surface area contributed by atoms with Gasteiger partial charge in [0.25, 0.3) is 0 Å². The van der Waals surface area contributed by atoms with Crippen LogP contribution in [0.25, 0.3) is 0 Å². The number of allylic oxidation sites excluding steroid dienone is 4. The van der Waals surface area contributed by atoms with Crippen molar-refractivity contribution in [3.8, 4) is 0 Å². The first kappa shape index (κ1) is 15.2. The van der Waals surface area contributed by atoms with E-state index in [1.807, 2.05) is 11.5 Å². The van der Waals surface area contributed by atoms with Crippen LogP contribution in [0.15, 0.2) is 46.8 Å². The standard InChI is InChI=1S/C17H18F2N2S/c18-15-10-14(20)11-16(19)17(15)21-6-3-13(4-7-21)12-2-1-8-22-9-5-12/h1-2,5,8-11,13H,3-4,6-7,20H2. The highest BCUT2D eigenvalue weighted by atomic mass is 32.2. The van der Waals surface area contributed by atoms with Gasteiger partial charge in [0.05, 0.1) is 0 Å². The third-order valence-corrected chi connectivity index (χ3v) is 4.71. The molecule has 0 aliphatic carbocycles. The van der Waals surface area contributed by atoms with Gasteiger partial charge in [0, 0.05) is 18.8 Å². The number of hydrogen-bond donors (Lipinski definition) is 1. The molecule has 0 amide bonds. The van der Waals surface area contributed by atoms with Crippen LogP contribution in [0, 0.1) is 17.6 Å². The smallest absolute Gasteiger partial charge is 0.151 e. The molecule has 0 bridgehead atoms. The van der Waals surface area contributed by atoms with Gasteiger partial charge in [-0.15, -0.1) is 11.8 Å². The number of benzene rings is 1. The Labute approximate surface area is 133 Å². The molecule has 2 nitrogen and oxygen atoms in total. The predicted octanol–water partition coefficient (Wildman–Crippen LogP) is 4.46. The highest BCUT2D eigenvalue weighted by Gasteiger charge is 2.25. The first-order chi connectivity index (χ1) is 10.6. The largest absolute Gasteiger partial charge is 0.399 e. The van der Waals surface area contributed by atoms with Crippen molar-refractivity contribution in [3.63, 3.8) is 0 Å². The maximum absolute atomic E-state index is 14.0. The van der Waals surface area contributed by atoms with Crippen molar-refractivity contribution in [2.75, 3.05) is 23.7 Å². The summed E-state index contributed by atoms with van der Waals surface area (Å²) in [4.78, 5) is 1.78. The summed E-state index contributed by atoms with van der Waals surface area (Å²) in [6, 6.07) is 2.37. The molecule has 2 heterocycles. The molecule has 2 N–H and O–H groups in total. The number of rotatable bonds is 2. The zero-order valence-electron chi connectivity index (χ0n) is 12.1. The summed E-state index contributed by atoms with van der Waals surface area (Å²) in [6.07, 6.45) is 8.08. The van der Waals surface area contributed by atoms with E-state index in [0.29, 0.717) is 19.0 Å². The molecule has 5 heteroatoms. The number of nitrogens with zero attached hydrogens (tertiary/aromatic N) is 1. The van der Waals surface area contributed by atoms with Gasteiger partial charge in [0.15, 0.2) is 11.6 Å². The van der Waals surface area contributed by atoms with E-state index >= 15 is 0 Å². The lowest BCUT2D eigenvalue weighted by Gasteiger charge is -2.34. The Morgan fingerprint density at radius 2 is 1.77 bits per heavy atom. The molecule has 2 aliphatic heterocycles. The van der Waals surface area contributed by atoms with E-state index in [2.05, 4.69) is 17.6 Å². The maximum atomic E-state index is 14.0. The normalized spacial score (nSPS) is 19.2. The van der Waals surface area contributed by atoms with Gasteiger partial charge in [-0.05, 0) is 47.3 Å². The summed E-state index contributed by atoms with van der Waals surface area (Å²) in [5.41, 5.74) is 6.93. The van der Waals surface area contributed by atoms with E-state index in [1.54, 1.807) is 16.7 Å². The van der Waals surface area contributed by atoms with Crippen molar-refractivity contribution in [3.05, 3.63) is 58.4 Å². The Balaban J connectivity index is 1.72. The van der Waals surface area contributed by atoms with Crippen LogP contribution in [0.4, 0.5) is 20.2 Å². The molecule has 0 saturated carbocycles. The zero-order chi connectivity index (χ0) is 15.5. The Hall–Kier alpha value is -1.75. The van der Waals surface area contributed by atoms with Gasteiger partial charge >= 0.3 is 0 Å². The average Bonchev–Trinajstić information content (AvgIpc) is 2.76. The summed E-state index contributed by atoms with van der Waals surface area (Å²) in [7, 11) is 0. The van der Waals surface area contributed by atoms with Gasteiger partial charge in [0.2, 0.25) is 0 Å². The minimum absolute atomic E-state index is 0.0495. The Kier molecular flexibility index (Phi) is 4.52. The van der Waals surface area contributed by atoms with Crippen LogP contribution >= 0.6 is 11.8 Å². The molecule has 0 spiro atoms. The monoisotopic (exact) mass is 320 g/mol. The number of hydrogen-bond acceptors (Lipinski definition) is 3. The fourth-order valence-corrected chi connectivity index (χ4v) is 3.51. The van der Waals surface area contributed by atoms with Crippen molar-refractivity contribution in [1.82, 2.24) is 0 Å². The highest BCUT2D eigenvalue weighted by molar-refractivity contribution is 8.04. The van der Waals surface area contributed by atoms with Crippen molar-refractivity contribution in [1.29, 1.82) is 0 Å². The highest BCUT2D eigenvalue weighted by Crippen LogP contribution is 2.33. The third-order valence-electron chi connectivity index (χ3n) is 4.11. The van der Waals surface area contributed by atoms with Crippen LogP contribution in [0.2, 0.25) is 0 Å². The molecule has 2 aliphatic rings. The molecule has 0 atom stereocenters. The number of nitrogens with two attached hydrogens (primary N) is 1. The Bertz CT molecular complexity index is 621. The topological polar surface area (TPSA) is 29.3 Å². The first-order valence-electron chi connectivity index (χ1n) is 7.33. The van der Waals surface area contributed by atoms with Gasteiger partial charge in [-0.3, -0.25) is 0 Å². The van der Waals surface area contributed by atoms with Gasteiger partial charge in [-0.1, -0.05) is 18.2 Å². The lowest BCUT2D eigenvalue weighted by molar-refractivity contribution is 0.453. The van der Waals surface area contributed by atoms with Gasteiger partial charge < -0.3 is 10.6 Å². The van der Waals surface area contributed by atoms with Gasteiger partial charge in [-0.25, -0.2) is 8.78 Å². The van der Waals surface area contributed by atoms with E-state index in [-0.39, 0.29) is 11.4 Å². The lowest BCUT2D eigenvalue weighted by Crippen LogP contribution is -2.35. The van der Waals surface area contributed by atoms with Crippen LogP contribution in [0.3, 0.4) is 0 Å². The predicted molar refractivity (Wildman–Crippen MR) is 89.7 cm³/mol. The molecule has 1 aromatic rings. The third kappa shape index (κ3) is 3.19. The molecule has 116 valence electrons. The summed E-state index contributed by atoms with van der Waals surface area (Å²) < 4.78 is 28.0. The second-order valence-electron chi connectivity index (χ2n) is 5.53. The van der Waals surface area contributed by atoms with Crippen LogP contribution < -0.4 is 10.6 Å². The molecule has 0 unspecified atom stereocenters. The number of anilines is 2. The number of piperidine rings is 1. The summed E-state index contributed by atoms with van der Waals surface area (Å²) in [5, 5.41) is 4.11. The molecule has 3 rings (SSSR count). The summed E-state index contributed by atoms with van der Waals surface area (Å²) in [5.74, 6) is -0.719. The van der Waals surface area contributed by atoms with Crippen LogP contribution in [0.5, 0.6) is 0 Å². The summed E-state index contributed by atoms with van der Waals surface area (Å²) in [6.45, 7) is 1.29. The maximum Gasteiger partial charge on any atom is 0.151 e. The minimum atomic E-state index is -0.580. The van der Waals surface area contributed by atoms with Crippen LogP contribution in [-0.4, -0.2) is 13.1 Å². The number of halogens is 2. The molecule has 1 saturated heterocycles. The Morgan fingerprint density at radius 3 is 2.45 bits per heavy atom. The molecule has 1 fully saturated rings.